The summed E-state index contributed by atoms with van der Waals surface area (Å²) >= 11 is 0. The van der Waals surface area contributed by atoms with Gasteiger partial charge in [0.25, 0.3) is 5.91 Å². The van der Waals surface area contributed by atoms with Gasteiger partial charge in [-0.1, -0.05) is 24.3 Å². The molecule has 1 saturated heterocycles. The number of nitrogens with zero attached hydrogens (tertiary/aromatic N) is 3. The second-order valence-electron chi connectivity index (χ2n) is 6.09. The fourth-order valence-corrected chi connectivity index (χ4v) is 2.96. The number of benzene rings is 1. The highest BCUT2D eigenvalue weighted by molar-refractivity contribution is 5.86. The van der Waals surface area contributed by atoms with Crippen molar-refractivity contribution in [3.63, 3.8) is 0 Å². The smallest absolute Gasteiger partial charge is 0.252 e. The lowest BCUT2D eigenvalue weighted by molar-refractivity contribution is -0.162. The summed E-state index contributed by atoms with van der Waals surface area (Å²) in [5, 5.41) is 9.51. The number of carbonyl (C=O) groups excluding carboxylic acids is 2. The van der Waals surface area contributed by atoms with E-state index in [4.69, 9.17) is 4.74 Å². The molecule has 2 atom stereocenters. The molecule has 2 heterocycles. The molecule has 8 nitrogen and oxygen atoms in total. The van der Waals surface area contributed by atoms with Crippen molar-refractivity contribution in [2.75, 3.05) is 13.7 Å². The molecule has 2 N–H and O–H groups in total. The number of nitrogens with one attached hydrogen (secondary N) is 2. The lowest BCUT2D eigenvalue weighted by atomic mass is 9.94. The zero-order valence-electron chi connectivity index (χ0n) is 14.4. The van der Waals surface area contributed by atoms with Gasteiger partial charge in [-0.2, -0.15) is 5.10 Å². The van der Waals surface area contributed by atoms with Gasteiger partial charge in [0.15, 0.2) is 11.9 Å². The van der Waals surface area contributed by atoms with Gasteiger partial charge in [0.1, 0.15) is 12.4 Å². The Kier molecular flexibility index (Phi) is 4.80. The molecule has 0 aliphatic carbocycles. The first-order valence-corrected chi connectivity index (χ1v) is 8.05. The van der Waals surface area contributed by atoms with Gasteiger partial charge in [-0.15, -0.1) is 0 Å². The van der Waals surface area contributed by atoms with Crippen LogP contribution in [0.3, 0.4) is 0 Å². The van der Waals surface area contributed by atoms with Crippen LogP contribution in [0.4, 0.5) is 0 Å². The number of morpholine rings is 1. The quantitative estimate of drug-likeness (QED) is 0.848. The molecule has 2 aromatic rings. The van der Waals surface area contributed by atoms with Crippen LogP contribution in [0.2, 0.25) is 0 Å². The van der Waals surface area contributed by atoms with E-state index >= 15 is 0 Å². The number of likely N-dealkylation sites (N-methyl/N-ethyl adjacent to an activating group) is 1. The summed E-state index contributed by atoms with van der Waals surface area (Å²) in [5.74, 6) is 0.733. The Hall–Kier alpha value is -2.74. The van der Waals surface area contributed by atoms with Gasteiger partial charge in [0, 0.05) is 7.05 Å². The molecule has 0 spiro atoms. The average Bonchev–Trinajstić information content (AvgIpc) is 3.01. The zero-order valence-corrected chi connectivity index (χ0v) is 14.4. The predicted octanol–water partition coefficient (Wildman–Crippen LogP) is 0.636. The van der Waals surface area contributed by atoms with E-state index in [2.05, 4.69) is 20.5 Å². The van der Waals surface area contributed by atoms with E-state index in [-0.39, 0.29) is 25.0 Å². The van der Waals surface area contributed by atoms with Crippen LogP contribution in [0.5, 0.6) is 0 Å². The fourth-order valence-electron chi connectivity index (χ4n) is 2.96. The van der Waals surface area contributed by atoms with Crippen molar-refractivity contribution in [1.29, 1.82) is 0 Å². The number of H-pyrrole nitrogens is 1. The van der Waals surface area contributed by atoms with Crippen LogP contribution < -0.4 is 5.32 Å². The molecule has 3 rings (SSSR count). The van der Waals surface area contributed by atoms with E-state index in [1.807, 2.05) is 31.2 Å². The van der Waals surface area contributed by atoms with Gasteiger partial charge in [0.2, 0.25) is 5.91 Å². The highest BCUT2D eigenvalue weighted by atomic mass is 16.5. The van der Waals surface area contributed by atoms with Crippen molar-refractivity contribution in [3.8, 4) is 0 Å². The number of aromatic amines is 1. The molecule has 1 aliphatic rings. The van der Waals surface area contributed by atoms with Crippen molar-refractivity contribution in [2.45, 2.75) is 32.5 Å². The van der Waals surface area contributed by atoms with E-state index in [0.717, 1.165) is 11.1 Å². The molecule has 8 heteroatoms. The van der Waals surface area contributed by atoms with Crippen molar-refractivity contribution >= 4 is 11.8 Å². The van der Waals surface area contributed by atoms with Crippen molar-refractivity contribution in [3.05, 3.63) is 47.0 Å². The highest BCUT2D eigenvalue weighted by Crippen LogP contribution is 2.31. The highest BCUT2D eigenvalue weighted by Gasteiger charge is 2.40. The molecule has 1 aromatic heterocycles. The van der Waals surface area contributed by atoms with E-state index in [9.17, 15) is 9.59 Å². The van der Waals surface area contributed by atoms with Crippen LogP contribution in [0.1, 0.15) is 28.8 Å². The molecular weight excluding hydrogens is 322 g/mol. The molecule has 1 aromatic carbocycles. The van der Waals surface area contributed by atoms with E-state index < -0.39 is 12.1 Å². The minimum absolute atomic E-state index is 0.114. The van der Waals surface area contributed by atoms with Crippen LogP contribution in [-0.4, -0.2) is 51.7 Å². The van der Waals surface area contributed by atoms with Crippen LogP contribution >= 0.6 is 0 Å². The lowest BCUT2D eigenvalue weighted by Gasteiger charge is -2.38. The van der Waals surface area contributed by atoms with Crippen LogP contribution in [-0.2, 0) is 20.9 Å². The Morgan fingerprint density at radius 3 is 2.84 bits per heavy atom. The van der Waals surface area contributed by atoms with E-state index in [0.29, 0.717) is 11.6 Å². The molecule has 1 aliphatic heterocycles. The minimum atomic E-state index is -0.788. The normalized spacial score (nSPS) is 20.6. The van der Waals surface area contributed by atoms with Gasteiger partial charge in [-0.05, 0) is 25.0 Å². The first kappa shape index (κ1) is 17.1. The van der Waals surface area contributed by atoms with E-state index in [1.165, 1.54) is 0 Å². The molecular formula is C17H21N5O3. The third kappa shape index (κ3) is 3.53. The number of amides is 2. The monoisotopic (exact) mass is 343 g/mol. The summed E-state index contributed by atoms with van der Waals surface area (Å²) in [6.45, 7) is 3.82. The Morgan fingerprint density at radius 1 is 1.40 bits per heavy atom. The average molecular weight is 343 g/mol. The SMILES string of the molecule is Cc1nc(CNC(=O)C2OCC(=O)N(C)C2c2ccccc2C)n[nH]1. The summed E-state index contributed by atoms with van der Waals surface area (Å²) in [7, 11) is 1.70. The Balaban J connectivity index is 1.80. The number of rotatable bonds is 4. The Labute approximate surface area is 145 Å². The molecule has 0 radical (unpaired) electrons. The third-order valence-electron chi connectivity index (χ3n) is 4.31. The van der Waals surface area contributed by atoms with Gasteiger partial charge >= 0.3 is 0 Å². The summed E-state index contributed by atoms with van der Waals surface area (Å²) in [6.07, 6.45) is -0.788. The van der Waals surface area contributed by atoms with Gasteiger partial charge < -0.3 is 15.0 Å². The summed E-state index contributed by atoms with van der Waals surface area (Å²) < 4.78 is 5.59. The maximum atomic E-state index is 12.7. The van der Waals surface area contributed by atoms with Gasteiger partial charge in [0.05, 0.1) is 12.6 Å². The number of hydrogen-bond acceptors (Lipinski definition) is 5. The predicted molar refractivity (Wildman–Crippen MR) is 89.4 cm³/mol. The van der Waals surface area contributed by atoms with Crippen LogP contribution in [0, 0.1) is 13.8 Å². The molecule has 2 amide bonds. The second-order valence-corrected chi connectivity index (χ2v) is 6.09. The van der Waals surface area contributed by atoms with E-state index in [1.54, 1.807) is 18.9 Å². The summed E-state index contributed by atoms with van der Waals surface area (Å²) in [5.41, 5.74) is 1.90. The number of ether oxygens (including phenoxy) is 1. The Bertz CT molecular complexity index is 788. The maximum absolute atomic E-state index is 12.7. The van der Waals surface area contributed by atoms with Crippen LogP contribution in [0.25, 0.3) is 0 Å². The number of aromatic nitrogens is 3. The number of aryl methyl sites for hydroxylation is 2. The van der Waals surface area contributed by atoms with Crippen molar-refractivity contribution in [1.82, 2.24) is 25.4 Å². The van der Waals surface area contributed by atoms with Gasteiger partial charge in [-0.25, -0.2) is 4.98 Å². The van der Waals surface area contributed by atoms with Crippen molar-refractivity contribution in [2.24, 2.45) is 0 Å². The first-order valence-electron chi connectivity index (χ1n) is 8.05. The minimum Gasteiger partial charge on any atom is -0.356 e. The largest absolute Gasteiger partial charge is 0.356 e. The first-order chi connectivity index (χ1) is 12.0. The summed E-state index contributed by atoms with van der Waals surface area (Å²) in [4.78, 5) is 30.5. The number of carbonyl (C=O) groups is 2. The molecule has 132 valence electrons. The molecule has 25 heavy (non-hydrogen) atoms. The maximum Gasteiger partial charge on any atom is 0.252 e. The lowest BCUT2D eigenvalue weighted by Crippen LogP contribution is -2.53. The van der Waals surface area contributed by atoms with Crippen LogP contribution in [0.15, 0.2) is 24.3 Å². The molecule has 1 fully saturated rings. The third-order valence-corrected chi connectivity index (χ3v) is 4.31. The topological polar surface area (TPSA) is 100 Å². The Morgan fingerprint density at radius 2 is 2.16 bits per heavy atom. The van der Waals surface area contributed by atoms with Crippen molar-refractivity contribution < 1.29 is 14.3 Å². The second kappa shape index (κ2) is 7.02. The molecule has 0 saturated carbocycles. The fraction of sp³-hybridized carbons (Fsp3) is 0.412. The van der Waals surface area contributed by atoms with Gasteiger partial charge in [-0.3, -0.25) is 14.7 Å². The molecule has 0 bridgehead atoms. The summed E-state index contributed by atoms with van der Waals surface area (Å²) in [6, 6.07) is 7.20. The zero-order chi connectivity index (χ0) is 18.0. The molecule has 2 unspecified atom stereocenters. The number of hydrogen-bond donors (Lipinski definition) is 2. The standard InChI is InChI=1S/C17H21N5O3/c1-10-6-4-5-7-12(10)15-16(25-9-14(23)22(15)3)17(24)18-8-13-19-11(2)20-21-13/h4-7,15-16H,8-9H2,1-3H3,(H,18,24)(H,19,20,21).